The SMILES string of the molecule is CCC(CCC1OCCO1)NC(=O)c1scc(C)c1NCc1ccnc2ccccc12. The van der Waals surface area contributed by atoms with E-state index in [1.807, 2.05) is 42.8 Å². The topological polar surface area (TPSA) is 72.5 Å². The van der Waals surface area contributed by atoms with E-state index in [1.54, 1.807) is 0 Å². The Morgan fingerprint density at radius 3 is 2.87 bits per heavy atom. The van der Waals surface area contributed by atoms with Gasteiger partial charge < -0.3 is 20.1 Å². The Bertz CT molecular complexity index is 1020. The zero-order valence-electron chi connectivity index (χ0n) is 18.0. The predicted octanol–water partition coefficient (Wildman–Crippen LogP) is 4.88. The summed E-state index contributed by atoms with van der Waals surface area (Å²) in [5, 5.41) is 9.85. The van der Waals surface area contributed by atoms with Gasteiger partial charge in [-0.05, 0) is 48.4 Å². The fourth-order valence-corrected chi connectivity index (χ4v) is 4.79. The van der Waals surface area contributed by atoms with Gasteiger partial charge in [-0.15, -0.1) is 11.3 Å². The quantitative estimate of drug-likeness (QED) is 0.497. The molecule has 31 heavy (non-hydrogen) atoms. The molecule has 2 N–H and O–H groups in total. The number of carbonyl (C=O) groups is 1. The van der Waals surface area contributed by atoms with Crippen LogP contribution in [0.1, 0.15) is 47.0 Å². The van der Waals surface area contributed by atoms with Crippen molar-refractivity contribution < 1.29 is 14.3 Å². The van der Waals surface area contributed by atoms with Crippen molar-refractivity contribution in [2.45, 2.75) is 52.0 Å². The number of fused-ring (bicyclic) bond motifs is 1. The Labute approximate surface area is 187 Å². The molecule has 1 saturated heterocycles. The molecule has 1 atom stereocenters. The number of para-hydroxylation sites is 1. The number of aromatic nitrogens is 1. The zero-order chi connectivity index (χ0) is 21.6. The van der Waals surface area contributed by atoms with Crippen LogP contribution < -0.4 is 10.6 Å². The van der Waals surface area contributed by atoms with Crippen molar-refractivity contribution in [1.82, 2.24) is 10.3 Å². The lowest BCUT2D eigenvalue weighted by Crippen LogP contribution is -2.35. The van der Waals surface area contributed by atoms with Crippen LogP contribution >= 0.6 is 11.3 Å². The number of nitrogens with one attached hydrogen (secondary N) is 2. The molecule has 3 aromatic rings. The predicted molar refractivity (Wildman–Crippen MR) is 125 cm³/mol. The molecular weight excluding hydrogens is 410 g/mol. The van der Waals surface area contributed by atoms with Crippen LogP contribution in [0.2, 0.25) is 0 Å². The van der Waals surface area contributed by atoms with Gasteiger partial charge in [-0.1, -0.05) is 25.1 Å². The Kier molecular flexibility index (Phi) is 7.17. The molecule has 0 saturated carbocycles. The van der Waals surface area contributed by atoms with Crippen molar-refractivity contribution in [3.8, 4) is 0 Å². The largest absolute Gasteiger partial charge is 0.379 e. The molecule has 1 amide bonds. The molecule has 1 aliphatic rings. The van der Waals surface area contributed by atoms with Crippen molar-refractivity contribution in [3.63, 3.8) is 0 Å². The smallest absolute Gasteiger partial charge is 0.263 e. The van der Waals surface area contributed by atoms with Gasteiger partial charge in [0.1, 0.15) is 4.88 Å². The van der Waals surface area contributed by atoms with Gasteiger partial charge in [0.05, 0.1) is 24.4 Å². The highest BCUT2D eigenvalue weighted by atomic mass is 32.1. The average Bonchev–Trinajstić information content (AvgIpc) is 3.44. The standard InChI is InChI=1S/C24H29N3O3S/c1-3-18(8-9-21-29-12-13-30-21)27-24(28)23-22(16(2)15-31-23)26-14-17-10-11-25-20-7-5-4-6-19(17)20/h4-7,10-11,15,18,21,26H,3,8-9,12-14H2,1-2H3,(H,27,28). The van der Waals surface area contributed by atoms with E-state index < -0.39 is 0 Å². The number of hydrogen-bond donors (Lipinski definition) is 2. The van der Waals surface area contributed by atoms with Gasteiger partial charge in [0.2, 0.25) is 0 Å². The van der Waals surface area contributed by atoms with Crippen LogP contribution in [0, 0.1) is 6.92 Å². The van der Waals surface area contributed by atoms with E-state index in [2.05, 4.69) is 28.6 Å². The van der Waals surface area contributed by atoms with Gasteiger partial charge in [0.25, 0.3) is 5.91 Å². The normalized spacial score (nSPS) is 15.3. The summed E-state index contributed by atoms with van der Waals surface area (Å²) in [6.45, 7) is 6.07. The minimum atomic E-state index is -0.137. The number of hydrogen-bond acceptors (Lipinski definition) is 6. The lowest BCUT2D eigenvalue weighted by molar-refractivity contribution is -0.0491. The second kappa shape index (κ2) is 10.2. The third-order valence-corrected chi connectivity index (χ3v) is 6.74. The molecule has 1 aliphatic heterocycles. The molecule has 1 unspecified atom stereocenters. The summed E-state index contributed by atoms with van der Waals surface area (Å²) in [5.74, 6) is -0.0275. The van der Waals surface area contributed by atoms with Crippen molar-refractivity contribution >= 4 is 33.8 Å². The summed E-state index contributed by atoms with van der Waals surface area (Å²) >= 11 is 1.48. The van der Waals surface area contributed by atoms with Crippen LogP contribution in [0.15, 0.2) is 41.9 Å². The van der Waals surface area contributed by atoms with E-state index in [0.29, 0.717) is 19.8 Å². The molecule has 1 fully saturated rings. The van der Waals surface area contributed by atoms with Crippen LogP contribution in [-0.2, 0) is 16.0 Å². The van der Waals surface area contributed by atoms with Crippen molar-refractivity contribution in [2.75, 3.05) is 18.5 Å². The first-order chi connectivity index (χ1) is 15.2. The monoisotopic (exact) mass is 439 g/mol. The lowest BCUT2D eigenvalue weighted by Gasteiger charge is -2.19. The summed E-state index contributed by atoms with van der Waals surface area (Å²) in [6, 6.07) is 10.2. The Balaban J connectivity index is 1.42. The Morgan fingerprint density at radius 2 is 2.06 bits per heavy atom. The van der Waals surface area contributed by atoms with Crippen molar-refractivity contribution in [3.05, 3.63) is 57.9 Å². The highest BCUT2D eigenvalue weighted by molar-refractivity contribution is 7.12. The Morgan fingerprint density at radius 1 is 1.26 bits per heavy atom. The van der Waals surface area contributed by atoms with E-state index in [-0.39, 0.29) is 18.2 Å². The third-order valence-electron chi connectivity index (χ3n) is 5.65. The first kappa shape index (κ1) is 21.7. The minimum absolute atomic E-state index is 0.0275. The van der Waals surface area contributed by atoms with Crippen LogP contribution in [0.3, 0.4) is 0 Å². The maximum Gasteiger partial charge on any atom is 0.263 e. The number of aryl methyl sites for hydroxylation is 1. The minimum Gasteiger partial charge on any atom is -0.379 e. The highest BCUT2D eigenvalue weighted by Crippen LogP contribution is 2.29. The van der Waals surface area contributed by atoms with E-state index >= 15 is 0 Å². The van der Waals surface area contributed by atoms with Gasteiger partial charge in [-0.3, -0.25) is 9.78 Å². The fourth-order valence-electron chi connectivity index (χ4n) is 3.86. The van der Waals surface area contributed by atoms with Gasteiger partial charge in [-0.2, -0.15) is 0 Å². The number of rotatable bonds is 9. The number of ether oxygens (including phenoxy) is 2. The number of benzene rings is 1. The number of pyridine rings is 1. The summed E-state index contributed by atoms with van der Waals surface area (Å²) in [5.41, 5.74) is 4.11. The summed E-state index contributed by atoms with van der Waals surface area (Å²) < 4.78 is 11.0. The molecule has 7 heteroatoms. The summed E-state index contributed by atoms with van der Waals surface area (Å²) in [6.07, 6.45) is 4.19. The van der Waals surface area contributed by atoms with Crippen molar-refractivity contribution in [1.29, 1.82) is 0 Å². The van der Waals surface area contributed by atoms with Gasteiger partial charge in [0.15, 0.2) is 6.29 Å². The van der Waals surface area contributed by atoms with Gasteiger partial charge >= 0.3 is 0 Å². The number of thiophene rings is 1. The van der Waals surface area contributed by atoms with Crippen LogP contribution in [0.5, 0.6) is 0 Å². The fraction of sp³-hybridized carbons (Fsp3) is 0.417. The maximum absolute atomic E-state index is 13.1. The molecule has 164 valence electrons. The maximum atomic E-state index is 13.1. The van der Waals surface area contributed by atoms with E-state index in [9.17, 15) is 4.79 Å². The second-order valence-corrected chi connectivity index (χ2v) is 8.67. The molecule has 2 aromatic heterocycles. The number of anilines is 1. The molecule has 1 aromatic carbocycles. The second-order valence-electron chi connectivity index (χ2n) is 7.79. The van der Waals surface area contributed by atoms with E-state index in [1.165, 1.54) is 11.3 Å². The molecule has 0 aliphatic carbocycles. The molecular formula is C24H29N3O3S. The number of amides is 1. The Hall–Kier alpha value is -2.48. The van der Waals surface area contributed by atoms with Gasteiger partial charge in [-0.25, -0.2) is 0 Å². The lowest BCUT2D eigenvalue weighted by atomic mass is 10.1. The number of carbonyl (C=O) groups excluding carboxylic acids is 1. The summed E-state index contributed by atoms with van der Waals surface area (Å²) in [7, 11) is 0. The highest BCUT2D eigenvalue weighted by Gasteiger charge is 2.21. The van der Waals surface area contributed by atoms with Crippen LogP contribution in [0.25, 0.3) is 10.9 Å². The molecule has 0 spiro atoms. The van der Waals surface area contributed by atoms with Gasteiger partial charge in [0, 0.05) is 30.6 Å². The summed E-state index contributed by atoms with van der Waals surface area (Å²) in [4.78, 5) is 18.2. The van der Waals surface area contributed by atoms with Crippen LogP contribution in [0.4, 0.5) is 5.69 Å². The third kappa shape index (κ3) is 5.23. The molecule has 6 nitrogen and oxygen atoms in total. The molecule has 0 radical (unpaired) electrons. The van der Waals surface area contributed by atoms with E-state index in [4.69, 9.17) is 9.47 Å². The van der Waals surface area contributed by atoms with Crippen molar-refractivity contribution in [2.24, 2.45) is 0 Å². The number of nitrogens with zero attached hydrogens (tertiary/aromatic N) is 1. The van der Waals surface area contributed by atoms with Crippen LogP contribution in [-0.4, -0.2) is 36.4 Å². The molecule has 0 bridgehead atoms. The zero-order valence-corrected chi connectivity index (χ0v) is 18.8. The average molecular weight is 440 g/mol. The van der Waals surface area contributed by atoms with E-state index in [0.717, 1.165) is 51.9 Å². The molecule has 3 heterocycles. The first-order valence-electron chi connectivity index (χ1n) is 10.8. The molecule has 4 rings (SSSR count). The first-order valence-corrected chi connectivity index (χ1v) is 11.7.